The van der Waals surface area contributed by atoms with Gasteiger partial charge in [0.15, 0.2) is 5.13 Å². The van der Waals surface area contributed by atoms with Gasteiger partial charge in [0, 0.05) is 18.7 Å². The fraction of sp³-hybridized carbons (Fsp3) is 0.250. The summed E-state index contributed by atoms with van der Waals surface area (Å²) in [5.41, 5.74) is 1.47. The zero-order valence-electron chi connectivity index (χ0n) is 17.9. The molecule has 4 rings (SSSR count). The Balaban J connectivity index is 0.00000272. The highest BCUT2D eigenvalue weighted by Crippen LogP contribution is 2.35. The van der Waals surface area contributed by atoms with Crippen LogP contribution in [-0.4, -0.2) is 49.6 Å². The smallest absolute Gasteiger partial charge is 0.260 e. The van der Waals surface area contributed by atoms with Gasteiger partial charge >= 0.3 is 0 Å². The first kappa shape index (κ1) is 23.0. The van der Waals surface area contributed by atoms with Crippen LogP contribution in [0.25, 0.3) is 21.0 Å². The molecule has 1 heterocycles. The summed E-state index contributed by atoms with van der Waals surface area (Å²) < 4.78 is 6.75. The molecule has 0 radical (unpaired) electrons. The second-order valence-electron chi connectivity index (χ2n) is 7.35. The lowest BCUT2D eigenvalue weighted by molar-refractivity contribution is 0.0985. The summed E-state index contributed by atoms with van der Waals surface area (Å²) in [4.78, 5) is 22.2. The average molecular weight is 456 g/mol. The number of carbonyl (C=O) groups is 1. The molecule has 0 N–H and O–H groups in total. The van der Waals surface area contributed by atoms with E-state index < -0.39 is 0 Å². The van der Waals surface area contributed by atoms with Crippen LogP contribution in [-0.2, 0) is 0 Å². The number of nitrogens with zero attached hydrogens (tertiary/aromatic N) is 3. The predicted octanol–water partition coefficient (Wildman–Crippen LogP) is 5.48. The molecule has 7 heteroatoms. The third-order valence-electron chi connectivity index (χ3n) is 4.91. The third-order valence-corrected chi connectivity index (χ3v) is 5.96. The van der Waals surface area contributed by atoms with E-state index in [2.05, 4.69) is 11.0 Å². The van der Waals surface area contributed by atoms with Crippen LogP contribution >= 0.6 is 23.7 Å². The molecular formula is C24H26ClN3O2S. The summed E-state index contributed by atoms with van der Waals surface area (Å²) >= 11 is 1.52. The van der Waals surface area contributed by atoms with Crippen molar-refractivity contribution in [1.29, 1.82) is 0 Å². The number of fused-ring (bicyclic) bond motifs is 2. The van der Waals surface area contributed by atoms with Gasteiger partial charge in [-0.2, -0.15) is 0 Å². The molecule has 0 saturated heterocycles. The number of carbonyl (C=O) groups excluding carboxylic acids is 1. The van der Waals surface area contributed by atoms with Crippen LogP contribution in [0.3, 0.4) is 0 Å². The highest BCUT2D eigenvalue weighted by molar-refractivity contribution is 7.22. The van der Waals surface area contributed by atoms with Gasteiger partial charge in [0.1, 0.15) is 11.3 Å². The van der Waals surface area contributed by atoms with E-state index in [1.165, 1.54) is 11.3 Å². The van der Waals surface area contributed by atoms with Crippen molar-refractivity contribution >= 4 is 55.8 Å². The molecule has 162 valence electrons. The second-order valence-corrected chi connectivity index (χ2v) is 8.36. The van der Waals surface area contributed by atoms with E-state index >= 15 is 0 Å². The zero-order valence-corrected chi connectivity index (χ0v) is 19.5. The highest BCUT2D eigenvalue weighted by Gasteiger charge is 2.22. The number of hydrogen-bond acceptors (Lipinski definition) is 5. The number of aromatic nitrogens is 1. The van der Waals surface area contributed by atoms with Crippen molar-refractivity contribution in [3.63, 3.8) is 0 Å². The molecule has 0 unspecified atom stereocenters. The van der Waals surface area contributed by atoms with Crippen molar-refractivity contribution in [2.45, 2.75) is 6.92 Å². The Hall–Kier alpha value is -2.67. The topological polar surface area (TPSA) is 45.7 Å². The molecule has 0 fully saturated rings. The average Bonchev–Trinajstić information content (AvgIpc) is 3.18. The maximum absolute atomic E-state index is 13.5. The lowest BCUT2D eigenvalue weighted by Crippen LogP contribution is -2.36. The number of anilines is 1. The first-order valence-electron chi connectivity index (χ1n) is 10.0. The predicted molar refractivity (Wildman–Crippen MR) is 132 cm³/mol. The number of benzene rings is 3. The molecule has 4 aromatic rings. The molecule has 31 heavy (non-hydrogen) atoms. The lowest BCUT2D eigenvalue weighted by Gasteiger charge is -2.22. The van der Waals surface area contributed by atoms with E-state index in [1.54, 1.807) is 4.90 Å². The van der Waals surface area contributed by atoms with Crippen LogP contribution in [0.5, 0.6) is 5.75 Å². The molecule has 0 spiro atoms. The van der Waals surface area contributed by atoms with Crippen LogP contribution in [0, 0.1) is 0 Å². The number of para-hydroxylation sites is 1. The van der Waals surface area contributed by atoms with E-state index in [0.717, 1.165) is 33.3 Å². The maximum atomic E-state index is 13.5. The standard InChI is InChI=1S/C24H25N3O2S.ClH/c1-4-29-20-10-7-11-21-22(20)25-24(30-21)27(15-14-26(2)3)23(28)19-13-12-17-8-5-6-9-18(17)16-19;/h5-13,16H,4,14-15H2,1-3H3;1H. The summed E-state index contributed by atoms with van der Waals surface area (Å²) in [5.74, 6) is 0.711. The number of amides is 1. The van der Waals surface area contributed by atoms with Crippen LogP contribution in [0.15, 0.2) is 60.7 Å². The minimum absolute atomic E-state index is 0. The minimum atomic E-state index is -0.0420. The van der Waals surface area contributed by atoms with Crippen molar-refractivity contribution in [1.82, 2.24) is 9.88 Å². The van der Waals surface area contributed by atoms with Gasteiger partial charge in [0.25, 0.3) is 5.91 Å². The normalized spacial score (nSPS) is 11.0. The van der Waals surface area contributed by atoms with Crippen molar-refractivity contribution in [2.24, 2.45) is 0 Å². The van der Waals surface area contributed by atoms with Crippen LogP contribution in [0.2, 0.25) is 0 Å². The first-order valence-corrected chi connectivity index (χ1v) is 10.9. The summed E-state index contributed by atoms with van der Waals surface area (Å²) in [5, 5.41) is 2.87. The molecule has 1 amide bonds. The van der Waals surface area contributed by atoms with Crippen LogP contribution in [0.1, 0.15) is 17.3 Å². The molecule has 0 saturated carbocycles. The molecular weight excluding hydrogens is 430 g/mol. The fourth-order valence-corrected chi connectivity index (χ4v) is 4.37. The van der Waals surface area contributed by atoms with Crippen LogP contribution in [0.4, 0.5) is 5.13 Å². The number of thiazole rings is 1. The quantitative estimate of drug-likeness (QED) is 0.370. The maximum Gasteiger partial charge on any atom is 0.260 e. The van der Waals surface area contributed by atoms with Crippen molar-refractivity contribution in [2.75, 3.05) is 38.7 Å². The Kier molecular flexibility index (Phi) is 7.49. The van der Waals surface area contributed by atoms with Gasteiger partial charge in [0.05, 0.1) is 11.3 Å². The van der Waals surface area contributed by atoms with E-state index in [1.807, 2.05) is 75.6 Å². The minimum Gasteiger partial charge on any atom is -0.492 e. The zero-order chi connectivity index (χ0) is 21.1. The Labute approximate surface area is 192 Å². The van der Waals surface area contributed by atoms with Crippen LogP contribution < -0.4 is 9.64 Å². The van der Waals surface area contributed by atoms with Gasteiger partial charge in [-0.1, -0.05) is 47.7 Å². The van der Waals surface area contributed by atoms with E-state index in [4.69, 9.17) is 9.72 Å². The van der Waals surface area contributed by atoms with Crippen molar-refractivity contribution in [3.05, 3.63) is 66.2 Å². The molecule has 5 nitrogen and oxygen atoms in total. The Morgan fingerprint density at radius 2 is 1.77 bits per heavy atom. The molecule has 0 atom stereocenters. The summed E-state index contributed by atoms with van der Waals surface area (Å²) in [7, 11) is 4.01. The summed E-state index contributed by atoms with van der Waals surface area (Å²) in [6, 6.07) is 19.8. The molecule has 3 aromatic carbocycles. The lowest BCUT2D eigenvalue weighted by atomic mass is 10.1. The molecule has 0 aliphatic heterocycles. The van der Waals surface area contributed by atoms with Gasteiger partial charge in [-0.15, -0.1) is 12.4 Å². The van der Waals surface area contributed by atoms with E-state index in [9.17, 15) is 4.79 Å². The summed E-state index contributed by atoms with van der Waals surface area (Å²) in [6.45, 7) is 3.83. The number of rotatable bonds is 7. The monoisotopic (exact) mass is 455 g/mol. The third kappa shape index (κ3) is 4.98. The van der Waals surface area contributed by atoms with Gasteiger partial charge in [-0.3, -0.25) is 9.69 Å². The molecule has 1 aromatic heterocycles. The molecule has 0 aliphatic rings. The molecule has 0 bridgehead atoms. The first-order chi connectivity index (χ1) is 14.6. The second kappa shape index (κ2) is 10.1. The SMILES string of the molecule is CCOc1cccc2sc(N(CCN(C)C)C(=O)c3ccc4ccccc4c3)nc12.Cl. The Morgan fingerprint density at radius 1 is 1.00 bits per heavy atom. The van der Waals surface area contributed by atoms with Gasteiger partial charge in [-0.05, 0) is 56.1 Å². The number of likely N-dealkylation sites (N-methyl/N-ethyl adjacent to an activating group) is 1. The molecule has 0 aliphatic carbocycles. The Morgan fingerprint density at radius 3 is 2.52 bits per heavy atom. The van der Waals surface area contributed by atoms with Gasteiger partial charge in [-0.25, -0.2) is 4.98 Å². The summed E-state index contributed by atoms with van der Waals surface area (Å²) in [6.07, 6.45) is 0. The highest BCUT2D eigenvalue weighted by atomic mass is 35.5. The van der Waals surface area contributed by atoms with E-state index in [-0.39, 0.29) is 18.3 Å². The fourth-order valence-electron chi connectivity index (χ4n) is 3.36. The number of hydrogen-bond donors (Lipinski definition) is 0. The van der Waals surface area contributed by atoms with Crippen molar-refractivity contribution < 1.29 is 9.53 Å². The Bertz CT molecular complexity index is 1190. The van der Waals surface area contributed by atoms with Gasteiger partial charge < -0.3 is 9.64 Å². The van der Waals surface area contributed by atoms with Crippen molar-refractivity contribution in [3.8, 4) is 5.75 Å². The van der Waals surface area contributed by atoms with E-state index in [0.29, 0.717) is 23.8 Å². The van der Waals surface area contributed by atoms with Gasteiger partial charge in [0.2, 0.25) is 0 Å². The largest absolute Gasteiger partial charge is 0.492 e. The number of ether oxygens (including phenoxy) is 1. The number of halogens is 1.